The van der Waals surface area contributed by atoms with E-state index in [9.17, 15) is 0 Å². The Morgan fingerprint density at radius 3 is 2.65 bits per heavy atom. The number of hydrogen-bond donors (Lipinski definition) is 1. The number of nitrogens with one attached hydrogen (secondary N) is 1. The third-order valence-electron chi connectivity index (χ3n) is 4.19. The molecule has 0 atom stereocenters. The van der Waals surface area contributed by atoms with E-state index in [1.54, 1.807) is 20.3 Å². The molecule has 3 rings (SSSR count). The summed E-state index contributed by atoms with van der Waals surface area (Å²) >= 11 is 12.2. The Morgan fingerprint density at radius 1 is 1.08 bits per heavy atom. The fraction of sp³-hybridized carbons (Fsp3) is 0.300. The predicted molar refractivity (Wildman–Crippen MR) is 106 cm³/mol. The molecule has 138 valence electrons. The number of fused-ring (bicyclic) bond motifs is 1. The Morgan fingerprint density at radius 2 is 1.88 bits per heavy atom. The number of halogens is 2. The summed E-state index contributed by atoms with van der Waals surface area (Å²) in [5, 5.41) is 4.60. The van der Waals surface area contributed by atoms with Crippen molar-refractivity contribution in [3.05, 3.63) is 57.1 Å². The van der Waals surface area contributed by atoms with Crippen LogP contribution in [0.4, 0.5) is 0 Å². The van der Waals surface area contributed by atoms with Gasteiger partial charge >= 0.3 is 0 Å². The first-order chi connectivity index (χ1) is 12.6. The van der Waals surface area contributed by atoms with Gasteiger partial charge < -0.3 is 19.5 Å². The average molecular weight is 394 g/mol. The minimum atomic E-state index is 0.526. The molecule has 0 fully saturated rings. The van der Waals surface area contributed by atoms with Gasteiger partial charge in [0.1, 0.15) is 12.4 Å². The summed E-state index contributed by atoms with van der Waals surface area (Å²) in [6.45, 7) is 2.12. The van der Waals surface area contributed by atoms with Crippen molar-refractivity contribution in [3.8, 4) is 17.2 Å². The zero-order valence-electron chi connectivity index (χ0n) is 14.8. The fourth-order valence-corrected chi connectivity index (χ4v) is 3.45. The van der Waals surface area contributed by atoms with Gasteiger partial charge in [-0.1, -0.05) is 29.3 Å². The zero-order valence-corrected chi connectivity index (χ0v) is 16.3. The standard InChI is InChI=1S/C20H21Cl2NO3/c1-24-18-4-3-13(8-19(18)25-2)5-6-23-11-14-7-15-9-16(21)10-17(22)20(15)26-12-14/h3-4,7-10,23H,5-6,11-12H2,1-2H3. The van der Waals surface area contributed by atoms with Crippen molar-refractivity contribution in [2.45, 2.75) is 6.42 Å². The highest BCUT2D eigenvalue weighted by atomic mass is 35.5. The van der Waals surface area contributed by atoms with Crippen molar-refractivity contribution >= 4 is 29.3 Å². The van der Waals surface area contributed by atoms with Crippen LogP contribution >= 0.6 is 23.2 Å². The van der Waals surface area contributed by atoms with Gasteiger partial charge in [0.2, 0.25) is 0 Å². The lowest BCUT2D eigenvalue weighted by molar-refractivity contribution is 0.343. The minimum Gasteiger partial charge on any atom is -0.493 e. The second kappa shape index (κ2) is 8.67. The maximum atomic E-state index is 6.16. The summed E-state index contributed by atoms with van der Waals surface area (Å²) in [6, 6.07) is 9.54. The highest BCUT2D eigenvalue weighted by Crippen LogP contribution is 2.36. The van der Waals surface area contributed by atoms with Crippen LogP contribution in [-0.4, -0.2) is 33.9 Å². The molecular weight excluding hydrogens is 373 g/mol. The van der Waals surface area contributed by atoms with Gasteiger partial charge in [0.25, 0.3) is 0 Å². The molecule has 0 aliphatic carbocycles. The highest BCUT2D eigenvalue weighted by molar-refractivity contribution is 6.36. The first kappa shape index (κ1) is 18.9. The number of hydrogen-bond acceptors (Lipinski definition) is 4. The molecule has 0 spiro atoms. The van der Waals surface area contributed by atoms with Crippen LogP contribution in [0.1, 0.15) is 11.1 Å². The quantitative estimate of drug-likeness (QED) is 0.696. The van der Waals surface area contributed by atoms with E-state index in [0.717, 1.165) is 42.1 Å². The summed E-state index contributed by atoms with van der Waals surface area (Å²) in [5.74, 6) is 2.19. The van der Waals surface area contributed by atoms with Gasteiger partial charge in [-0.15, -0.1) is 0 Å². The normalized spacial score (nSPS) is 12.8. The number of benzene rings is 2. The minimum absolute atomic E-state index is 0.526. The van der Waals surface area contributed by atoms with E-state index in [1.165, 1.54) is 5.56 Å². The molecule has 1 aliphatic rings. The van der Waals surface area contributed by atoms with Crippen LogP contribution in [0.2, 0.25) is 10.0 Å². The van der Waals surface area contributed by atoms with Crippen molar-refractivity contribution < 1.29 is 14.2 Å². The molecule has 0 radical (unpaired) electrons. The SMILES string of the molecule is COc1ccc(CCNCC2=Cc3cc(Cl)cc(Cl)c3OC2)cc1OC. The smallest absolute Gasteiger partial charge is 0.160 e. The molecule has 26 heavy (non-hydrogen) atoms. The lowest BCUT2D eigenvalue weighted by Gasteiger charge is -2.19. The highest BCUT2D eigenvalue weighted by Gasteiger charge is 2.15. The van der Waals surface area contributed by atoms with E-state index in [-0.39, 0.29) is 0 Å². The average Bonchev–Trinajstić information content (AvgIpc) is 2.64. The summed E-state index contributed by atoms with van der Waals surface area (Å²) in [5.41, 5.74) is 3.27. The number of methoxy groups -OCH3 is 2. The molecule has 0 unspecified atom stereocenters. The van der Waals surface area contributed by atoms with Crippen molar-refractivity contribution in [1.29, 1.82) is 0 Å². The van der Waals surface area contributed by atoms with Crippen molar-refractivity contribution in [2.24, 2.45) is 0 Å². The third-order valence-corrected chi connectivity index (χ3v) is 4.69. The Hall–Kier alpha value is -1.88. The fourth-order valence-electron chi connectivity index (χ4n) is 2.89. The van der Waals surface area contributed by atoms with Gasteiger partial charge in [-0.3, -0.25) is 0 Å². The topological polar surface area (TPSA) is 39.7 Å². The first-order valence-corrected chi connectivity index (χ1v) is 9.09. The summed E-state index contributed by atoms with van der Waals surface area (Å²) in [4.78, 5) is 0. The maximum Gasteiger partial charge on any atom is 0.160 e. The molecule has 4 nitrogen and oxygen atoms in total. The number of rotatable bonds is 7. The van der Waals surface area contributed by atoms with Gasteiger partial charge in [0.05, 0.1) is 19.2 Å². The lowest BCUT2D eigenvalue weighted by atomic mass is 10.1. The zero-order chi connectivity index (χ0) is 18.5. The van der Waals surface area contributed by atoms with Gasteiger partial charge in [-0.25, -0.2) is 0 Å². The summed E-state index contributed by atoms with van der Waals surface area (Å²) in [6.07, 6.45) is 2.97. The van der Waals surface area contributed by atoms with Crippen molar-refractivity contribution in [2.75, 3.05) is 33.9 Å². The molecule has 1 aliphatic heterocycles. The van der Waals surface area contributed by atoms with Crippen LogP contribution in [0.5, 0.6) is 17.2 Å². The van der Waals surface area contributed by atoms with Crippen LogP contribution in [0.25, 0.3) is 6.08 Å². The van der Waals surface area contributed by atoms with Crippen LogP contribution in [0.15, 0.2) is 35.9 Å². The van der Waals surface area contributed by atoms with E-state index in [0.29, 0.717) is 22.4 Å². The number of ether oxygens (including phenoxy) is 3. The molecule has 0 saturated heterocycles. The van der Waals surface area contributed by atoms with Crippen molar-refractivity contribution in [3.63, 3.8) is 0 Å². The van der Waals surface area contributed by atoms with E-state index in [1.807, 2.05) is 24.3 Å². The Kier molecular flexibility index (Phi) is 6.30. The Labute approximate surface area is 163 Å². The van der Waals surface area contributed by atoms with Gasteiger partial charge in [-0.05, 0) is 54.4 Å². The Bertz CT molecular complexity index is 821. The van der Waals surface area contributed by atoms with Gasteiger partial charge in [0, 0.05) is 17.1 Å². The summed E-state index contributed by atoms with van der Waals surface area (Å²) < 4.78 is 16.4. The molecule has 0 bridgehead atoms. The largest absolute Gasteiger partial charge is 0.493 e. The Balaban J connectivity index is 1.55. The molecule has 1 N–H and O–H groups in total. The van der Waals surface area contributed by atoms with Crippen LogP contribution in [0, 0.1) is 0 Å². The molecule has 6 heteroatoms. The van der Waals surface area contributed by atoms with Crippen LogP contribution in [0.3, 0.4) is 0 Å². The molecule has 2 aromatic rings. The molecule has 2 aromatic carbocycles. The van der Waals surface area contributed by atoms with Gasteiger partial charge in [-0.2, -0.15) is 0 Å². The van der Waals surface area contributed by atoms with Gasteiger partial charge in [0.15, 0.2) is 11.5 Å². The lowest BCUT2D eigenvalue weighted by Crippen LogP contribution is -2.23. The predicted octanol–water partition coefficient (Wildman–Crippen LogP) is 4.62. The summed E-state index contributed by atoms with van der Waals surface area (Å²) in [7, 11) is 3.28. The molecular formula is C20H21Cl2NO3. The monoisotopic (exact) mass is 393 g/mol. The van der Waals surface area contributed by atoms with Crippen molar-refractivity contribution in [1.82, 2.24) is 5.32 Å². The second-order valence-corrected chi connectivity index (χ2v) is 6.86. The molecule has 0 aromatic heterocycles. The van der Waals surface area contributed by atoms with E-state index >= 15 is 0 Å². The van der Waals surface area contributed by atoms with E-state index < -0.39 is 0 Å². The first-order valence-electron chi connectivity index (χ1n) is 8.33. The molecule has 1 heterocycles. The van der Waals surface area contributed by atoms with E-state index in [2.05, 4.69) is 11.4 Å². The maximum absolute atomic E-state index is 6.16. The second-order valence-electron chi connectivity index (χ2n) is 6.01. The third kappa shape index (κ3) is 4.44. The molecule has 0 saturated carbocycles. The van der Waals surface area contributed by atoms with E-state index in [4.69, 9.17) is 37.4 Å². The van der Waals surface area contributed by atoms with Crippen LogP contribution in [-0.2, 0) is 6.42 Å². The molecule has 0 amide bonds. The van der Waals surface area contributed by atoms with Crippen LogP contribution < -0.4 is 19.5 Å².